The van der Waals surface area contributed by atoms with Crippen molar-refractivity contribution in [3.8, 4) is 0 Å². The Hall–Kier alpha value is -0.500. The fraction of sp³-hybridized carbons (Fsp3) is 0.500. The largest absolute Gasteiger partial charge is 0.389 e. The van der Waals surface area contributed by atoms with Gasteiger partial charge in [0.25, 0.3) is 0 Å². The molecule has 1 rings (SSSR count). The SMILES string of the molecule is CC(C)(C)CNS(=O)(=O)c1ccc(C(N)=S)s1. The summed E-state index contributed by atoms with van der Waals surface area (Å²) in [5, 5.41) is 0. The molecule has 3 N–H and O–H groups in total. The van der Waals surface area contributed by atoms with Gasteiger partial charge in [-0.25, -0.2) is 13.1 Å². The molecule has 0 radical (unpaired) electrons. The highest BCUT2D eigenvalue weighted by atomic mass is 32.2. The highest BCUT2D eigenvalue weighted by Crippen LogP contribution is 2.22. The molecule has 0 aromatic carbocycles. The Balaban J connectivity index is 2.86. The minimum absolute atomic E-state index is 0.101. The first-order chi connectivity index (χ1) is 7.62. The van der Waals surface area contributed by atoms with E-state index in [-0.39, 0.29) is 14.6 Å². The third kappa shape index (κ3) is 4.34. The zero-order chi connectivity index (χ0) is 13.3. The van der Waals surface area contributed by atoms with E-state index in [9.17, 15) is 8.42 Å². The van der Waals surface area contributed by atoms with Gasteiger partial charge in [0.15, 0.2) is 0 Å². The summed E-state index contributed by atoms with van der Waals surface area (Å²) in [6, 6.07) is 3.14. The van der Waals surface area contributed by atoms with Gasteiger partial charge in [0.2, 0.25) is 10.0 Å². The maximum Gasteiger partial charge on any atom is 0.250 e. The van der Waals surface area contributed by atoms with Crippen LogP contribution in [0.5, 0.6) is 0 Å². The van der Waals surface area contributed by atoms with Crippen molar-refractivity contribution in [3.05, 3.63) is 17.0 Å². The van der Waals surface area contributed by atoms with Crippen LogP contribution in [-0.2, 0) is 10.0 Å². The van der Waals surface area contributed by atoms with E-state index in [4.69, 9.17) is 18.0 Å². The number of thiophene rings is 1. The fourth-order valence-electron chi connectivity index (χ4n) is 0.980. The summed E-state index contributed by atoms with van der Waals surface area (Å²) in [6.45, 7) is 6.27. The molecule has 0 atom stereocenters. The number of rotatable bonds is 4. The second kappa shape index (κ2) is 5.01. The first-order valence-corrected chi connectivity index (χ1v) is 7.72. The van der Waals surface area contributed by atoms with Crippen LogP contribution in [0.2, 0.25) is 0 Å². The lowest BCUT2D eigenvalue weighted by Gasteiger charge is -2.18. The Morgan fingerprint density at radius 2 is 2.06 bits per heavy atom. The lowest BCUT2D eigenvalue weighted by Crippen LogP contribution is -2.31. The van der Waals surface area contributed by atoms with Crippen molar-refractivity contribution in [3.63, 3.8) is 0 Å². The van der Waals surface area contributed by atoms with Crippen LogP contribution in [0.1, 0.15) is 25.6 Å². The van der Waals surface area contributed by atoms with E-state index in [1.807, 2.05) is 20.8 Å². The number of sulfonamides is 1. The molecule has 96 valence electrons. The van der Waals surface area contributed by atoms with Crippen LogP contribution in [0, 0.1) is 5.41 Å². The Morgan fingerprint density at radius 3 is 2.47 bits per heavy atom. The minimum Gasteiger partial charge on any atom is -0.389 e. The molecule has 0 spiro atoms. The summed E-state index contributed by atoms with van der Waals surface area (Å²) < 4.78 is 26.7. The van der Waals surface area contributed by atoms with Gasteiger partial charge in [0, 0.05) is 6.54 Å². The molecule has 17 heavy (non-hydrogen) atoms. The summed E-state index contributed by atoms with van der Waals surface area (Å²) in [5.74, 6) is 0. The standard InChI is InChI=1S/C10H16N2O2S3/c1-10(2,3)6-12-17(13,14)8-5-4-7(16-8)9(11)15/h4-5,12H,6H2,1-3H3,(H2,11,15). The summed E-state index contributed by atoms with van der Waals surface area (Å²) in [5.41, 5.74) is 5.34. The average molecular weight is 292 g/mol. The Bertz CT molecular complexity index is 512. The van der Waals surface area contributed by atoms with Crippen molar-refractivity contribution in [1.82, 2.24) is 4.72 Å². The van der Waals surface area contributed by atoms with Crippen LogP contribution < -0.4 is 10.5 Å². The van der Waals surface area contributed by atoms with Gasteiger partial charge < -0.3 is 5.73 Å². The summed E-state index contributed by atoms with van der Waals surface area (Å²) in [4.78, 5) is 0.823. The van der Waals surface area contributed by atoms with Gasteiger partial charge in [-0.05, 0) is 17.5 Å². The molecule has 0 saturated heterocycles. The van der Waals surface area contributed by atoms with E-state index in [0.29, 0.717) is 11.4 Å². The normalized spacial score (nSPS) is 12.6. The van der Waals surface area contributed by atoms with E-state index in [1.54, 1.807) is 6.07 Å². The molecule has 0 fully saturated rings. The van der Waals surface area contributed by atoms with Gasteiger partial charge in [-0.15, -0.1) is 11.3 Å². The van der Waals surface area contributed by atoms with Crippen molar-refractivity contribution < 1.29 is 8.42 Å². The van der Waals surface area contributed by atoms with E-state index >= 15 is 0 Å². The molecule has 0 saturated carbocycles. The molecular formula is C10H16N2O2S3. The Kier molecular flexibility index (Phi) is 4.29. The monoisotopic (exact) mass is 292 g/mol. The molecule has 0 aliphatic heterocycles. The smallest absolute Gasteiger partial charge is 0.250 e. The minimum atomic E-state index is -3.45. The van der Waals surface area contributed by atoms with E-state index in [0.717, 1.165) is 11.3 Å². The van der Waals surface area contributed by atoms with Crippen LogP contribution in [0.15, 0.2) is 16.3 Å². The van der Waals surface area contributed by atoms with Crippen molar-refractivity contribution >= 4 is 38.6 Å². The zero-order valence-electron chi connectivity index (χ0n) is 9.98. The van der Waals surface area contributed by atoms with Gasteiger partial charge in [0.1, 0.15) is 9.20 Å². The predicted molar refractivity (Wildman–Crippen MR) is 74.8 cm³/mol. The van der Waals surface area contributed by atoms with Crippen molar-refractivity contribution in [1.29, 1.82) is 0 Å². The molecule has 0 unspecified atom stereocenters. The fourth-order valence-corrected chi connectivity index (χ4v) is 3.66. The van der Waals surface area contributed by atoms with Crippen molar-refractivity contribution in [2.45, 2.75) is 25.0 Å². The number of hydrogen-bond donors (Lipinski definition) is 2. The first kappa shape index (κ1) is 14.6. The molecule has 1 aromatic heterocycles. The predicted octanol–water partition coefficient (Wildman–Crippen LogP) is 1.71. The van der Waals surface area contributed by atoms with Gasteiger partial charge >= 0.3 is 0 Å². The maximum absolute atomic E-state index is 11.9. The molecule has 0 aliphatic carbocycles. The van der Waals surface area contributed by atoms with E-state index in [1.165, 1.54) is 6.07 Å². The molecule has 0 amide bonds. The second-order valence-corrected chi connectivity index (χ2v) is 8.39. The molecule has 1 aromatic rings. The third-order valence-electron chi connectivity index (χ3n) is 1.88. The lowest BCUT2D eigenvalue weighted by molar-refractivity contribution is 0.408. The molecule has 0 bridgehead atoms. The third-order valence-corrected chi connectivity index (χ3v) is 5.24. The summed E-state index contributed by atoms with van der Waals surface area (Å²) in [7, 11) is -3.45. The average Bonchev–Trinajstić information content (AvgIpc) is 2.63. The number of nitrogens with two attached hydrogens (primary N) is 1. The lowest BCUT2D eigenvalue weighted by atomic mass is 9.98. The molecule has 0 aliphatic rings. The van der Waals surface area contributed by atoms with Crippen LogP contribution in [0.3, 0.4) is 0 Å². The van der Waals surface area contributed by atoms with Crippen LogP contribution in [0.25, 0.3) is 0 Å². The molecule has 1 heterocycles. The number of hydrogen-bond acceptors (Lipinski definition) is 4. The topological polar surface area (TPSA) is 72.2 Å². The zero-order valence-corrected chi connectivity index (χ0v) is 12.4. The van der Waals surface area contributed by atoms with Gasteiger partial charge in [0.05, 0.1) is 4.88 Å². The van der Waals surface area contributed by atoms with E-state index in [2.05, 4.69) is 4.72 Å². The van der Waals surface area contributed by atoms with Crippen LogP contribution in [0.4, 0.5) is 0 Å². The van der Waals surface area contributed by atoms with Crippen molar-refractivity contribution in [2.24, 2.45) is 11.1 Å². The Labute approximate surface area is 111 Å². The second-order valence-electron chi connectivity index (χ2n) is 4.87. The highest BCUT2D eigenvalue weighted by Gasteiger charge is 2.20. The van der Waals surface area contributed by atoms with Crippen LogP contribution in [-0.4, -0.2) is 20.0 Å². The first-order valence-electron chi connectivity index (χ1n) is 5.01. The maximum atomic E-state index is 11.9. The molecule has 7 heteroatoms. The van der Waals surface area contributed by atoms with Crippen LogP contribution >= 0.6 is 23.6 Å². The number of thiocarbonyl (C=S) groups is 1. The highest BCUT2D eigenvalue weighted by molar-refractivity contribution is 7.91. The number of nitrogens with one attached hydrogen (secondary N) is 1. The van der Waals surface area contributed by atoms with Gasteiger partial charge in [-0.3, -0.25) is 0 Å². The van der Waals surface area contributed by atoms with E-state index < -0.39 is 10.0 Å². The molecular weight excluding hydrogens is 276 g/mol. The Morgan fingerprint density at radius 1 is 1.47 bits per heavy atom. The van der Waals surface area contributed by atoms with Gasteiger partial charge in [-0.2, -0.15) is 0 Å². The quantitative estimate of drug-likeness (QED) is 0.829. The molecule has 4 nitrogen and oxygen atoms in total. The summed E-state index contributed by atoms with van der Waals surface area (Å²) >= 11 is 5.88. The van der Waals surface area contributed by atoms with Gasteiger partial charge in [-0.1, -0.05) is 33.0 Å². The van der Waals surface area contributed by atoms with Crippen molar-refractivity contribution in [2.75, 3.05) is 6.54 Å². The summed E-state index contributed by atoms with van der Waals surface area (Å²) in [6.07, 6.45) is 0.